The molecule has 2 aromatic carbocycles. The average Bonchev–Trinajstić information content (AvgIpc) is 2.90. The van der Waals surface area contributed by atoms with Gasteiger partial charge in [0.1, 0.15) is 0 Å². The molecule has 3 rings (SSSR count). The Morgan fingerprint density at radius 3 is 2.30 bits per heavy atom. The first-order valence-corrected chi connectivity index (χ1v) is 9.19. The van der Waals surface area contributed by atoms with Crippen LogP contribution < -0.4 is 5.73 Å². The second-order valence-electron chi connectivity index (χ2n) is 5.80. The molecule has 1 saturated heterocycles. The molecule has 1 heterocycles. The van der Waals surface area contributed by atoms with Crippen LogP contribution in [0.15, 0.2) is 59.5 Å². The molecule has 2 aromatic rings. The predicted octanol–water partition coefficient (Wildman–Crippen LogP) is 4.08. The van der Waals surface area contributed by atoms with Crippen LogP contribution in [-0.2, 0) is 16.1 Å². The Kier molecular flexibility index (Phi) is 5.78. The third-order valence-electron chi connectivity index (χ3n) is 3.80. The molecule has 3 amide bonds. The number of nitrogens with zero attached hydrogens (tertiary/aromatic N) is 1. The zero-order valence-electron chi connectivity index (χ0n) is 14.1. The Hall–Kier alpha value is -2.83. The van der Waals surface area contributed by atoms with Crippen LogP contribution in [0.3, 0.4) is 0 Å². The lowest BCUT2D eigenvalue weighted by atomic mass is 10.1. The van der Waals surface area contributed by atoms with Gasteiger partial charge in [-0.05, 0) is 52.7 Å². The van der Waals surface area contributed by atoms with Gasteiger partial charge in [-0.15, -0.1) is 0 Å². The fourth-order valence-corrected chi connectivity index (χ4v) is 3.41. The van der Waals surface area contributed by atoms with Crippen molar-refractivity contribution in [3.8, 4) is 0 Å². The zero-order chi connectivity index (χ0) is 19.4. The van der Waals surface area contributed by atoms with Crippen LogP contribution in [0.5, 0.6) is 0 Å². The lowest BCUT2D eigenvalue weighted by molar-refractivity contribution is -0.123. The van der Waals surface area contributed by atoms with Gasteiger partial charge in [0.25, 0.3) is 11.1 Å². The quantitative estimate of drug-likeness (QED) is 0.769. The van der Waals surface area contributed by atoms with Crippen molar-refractivity contribution < 1.29 is 14.4 Å². The molecule has 1 aliphatic heterocycles. The van der Waals surface area contributed by atoms with Crippen molar-refractivity contribution in [2.75, 3.05) is 0 Å². The number of nitrogens with two attached hydrogens (primary N) is 1. The molecule has 0 radical (unpaired) electrons. The Labute approximate surface area is 165 Å². The molecule has 136 valence electrons. The molecule has 0 aromatic heterocycles. The highest BCUT2D eigenvalue weighted by Crippen LogP contribution is 2.33. The lowest BCUT2D eigenvalue weighted by Gasteiger charge is -2.12. The number of carbonyl (C=O) groups is 3. The largest absolute Gasteiger partial charge is 0.366 e. The topological polar surface area (TPSA) is 80.5 Å². The Bertz CT molecular complexity index is 950. The second kappa shape index (κ2) is 8.24. The molecule has 27 heavy (non-hydrogen) atoms. The molecule has 0 aliphatic carbocycles. The lowest BCUT2D eigenvalue weighted by Crippen LogP contribution is -2.27. The summed E-state index contributed by atoms with van der Waals surface area (Å²) in [5, 5.41) is 0.295. The molecule has 2 N–H and O–H groups in total. The van der Waals surface area contributed by atoms with Gasteiger partial charge in [0.05, 0.1) is 11.4 Å². The molecular weight excluding hydrogens is 384 g/mol. The van der Waals surface area contributed by atoms with E-state index in [4.69, 9.17) is 17.3 Å². The van der Waals surface area contributed by atoms with Gasteiger partial charge in [0, 0.05) is 11.1 Å². The van der Waals surface area contributed by atoms with E-state index in [2.05, 4.69) is 0 Å². The Morgan fingerprint density at radius 2 is 1.67 bits per heavy atom. The van der Waals surface area contributed by atoms with Gasteiger partial charge in [0.2, 0.25) is 5.91 Å². The van der Waals surface area contributed by atoms with E-state index in [0.29, 0.717) is 9.93 Å². The summed E-state index contributed by atoms with van der Waals surface area (Å²) in [6.07, 6.45) is 4.55. The highest BCUT2D eigenvalue weighted by atomic mass is 35.5. The smallest absolute Gasteiger partial charge is 0.293 e. The average molecular weight is 399 g/mol. The maximum absolute atomic E-state index is 12.6. The van der Waals surface area contributed by atoms with Gasteiger partial charge >= 0.3 is 0 Å². The van der Waals surface area contributed by atoms with E-state index >= 15 is 0 Å². The number of primary amides is 1. The number of benzene rings is 2. The van der Waals surface area contributed by atoms with E-state index in [1.165, 1.54) is 11.0 Å². The maximum atomic E-state index is 12.6. The minimum Gasteiger partial charge on any atom is -0.366 e. The van der Waals surface area contributed by atoms with Crippen LogP contribution in [0.25, 0.3) is 12.2 Å². The summed E-state index contributed by atoms with van der Waals surface area (Å²) in [6, 6.07) is 14.2. The molecular formula is C20H15ClN2O3S. The van der Waals surface area contributed by atoms with Crippen molar-refractivity contribution in [1.82, 2.24) is 4.90 Å². The second-order valence-corrected chi connectivity index (χ2v) is 7.23. The number of hydrogen-bond acceptors (Lipinski definition) is 4. The van der Waals surface area contributed by atoms with Gasteiger partial charge in [-0.1, -0.05) is 48.0 Å². The summed E-state index contributed by atoms with van der Waals surface area (Å²) >= 11 is 6.77. The van der Waals surface area contributed by atoms with Crippen LogP contribution in [0.2, 0.25) is 5.02 Å². The van der Waals surface area contributed by atoms with Crippen molar-refractivity contribution >= 4 is 52.6 Å². The van der Waals surface area contributed by atoms with Crippen molar-refractivity contribution in [2.45, 2.75) is 6.54 Å². The molecule has 1 fully saturated rings. The monoisotopic (exact) mass is 398 g/mol. The molecule has 0 unspecified atom stereocenters. The van der Waals surface area contributed by atoms with Crippen LogP contribution >= 0.6 is 23.4 Å². The van der Waals surface area contributed by atoms with Crippen molar-refractivity contribution in [3.05, 3.63) is 81.2 Å². The first-order valence-electron chi connectivity index (χ1n) is 8.00. The Morgan fingerprint density at radius 1 is 1.04 bits per heavy atom. The summed E-state index contributed by atoms with van der Waals surface area (Å²) in [5.74, 6) is -0.842. The van der Waals surface area contributed by atoms with E-state index in [1.807, 2.05) is 0 Å². The normalized spacial score (nSPS) is 15.9. The summed E-state index contributed by atoms with van der Waals surface area (Å²) < 4.78 is 0. The summed E-state index contributed by atoms with van der Waals surface area (Å²) in [7, 11) is 0. The number of amides is 3. The van der Waals surface area contributed by atoms with E-state index in [-0.39, 0.29) is 17.7 Å². The van der Waals surface area contributed by atoms with Gasteiger partial charge in [0.15, 0.2) is 0 Å². The van der Waals surface area contributed by atoms with Crippen LogP contribution in [0, 0.1) is 0 Å². The number of halogens is 1. The van der Waals surface area contributed by atoms with E-state index in [0.717, 1.165) is 28.5 Å². The summed E-state index contributed by atoms with van der Waals surface area (Å²) in [6.45, 7) is 0.204. The minimum atomic E-state index is -0.520. The van der Waals surface area contributed by atoms with Crippen LogP contribution in [0.1, 0.15) is 16.7 Å². The predicted molar refractivity (Wildman–Crippen MR) is 108 cm³/mol. The number of rotatable bonds is 5. The van der Waals surface area contributed by atoms with Crippen molar-refractivity contribution in [2.24, 2.45) is 5.73 Å². The zero-order valence-corrected chi connectivity index (χ0v) is 15.7. The molecule has 7 heteroatoms. The molecule has 1 aliphatic rings. The molecule has 0 spiro atoms. The van der Waals surface area contributed by atoms with Crippen LogP contribution in [-0.4, -0.2) is 22.0 Å². The van der Waals surface area contributed by atoms with Gasteiger partial charge in [-0.25, -0.2) is 0 Å². The molecule has 0 atom stereocenters. The minimum absolute atomic E-state index is 0.204. The molecule has 0 bridgehead atoms. The molecule has 5 nitrogen and oxygen atoms in total. The number of hydrogen-bond donors (Lipinski definition) is 1. The van der Waals surface area contributed by atoms with Crippen LogP contribution in [0.4, 0.5) is 4.79 Å². The van der Waals surface area contributed by atoms with Gasteiger partial charge in [-0.3, -0.25) is 19.3 Å². The standard InChI is InChI=1S/C20H15ClN2O3S/c21-16-8-5-15(6-9-16)12-23-19(25)17(27-20(23)26)11-14-3-1-13(2-4-14)7-10-18(22)24/h1-11H,12H2,(H2,22,24)/b10-7+,17-11-. The summed E-state index contributed by atoms with van der Waals surface area (Å²) in [5.41, 5.74) is 7.48. The fraction of sp³-hybridized carbons (Fsp3) is 0.0500. The maximum Gasteiger partial charge on any atom is 0.293 e. The van der Waals surface area contributed by atoms with E-state index in [1.54, 1.807) is 60.7 Å². The number of thioether (sulfide) groups is 1. The Balaban J connectivity index is 1.73. The van der Waals surface area contributed by atoms with Gasteiger partial charge in [-0.2, -0.15) is 0 Å². The van der Waals surface area contributed by atoms with E-state index < -0.39 is 5.91 Å². The first-order chi connectivity index (χ1) is 12.9. The molecule has 0 saturated carbocycles. The number of imide groups is 1. The van der Waals surface area contributed by atoms with Gasteiger partial charge < -0.3 is 5.73 Å². The SMILES string of the molecule is NC(=O)/C=C/c1ccc(/C=C2\SC(=O)N(Cc3ccc(Cl)cc3)C2=O)cc1. The van der Waals surface area contributed by atoms with Crippen molar-refractivity contribution in [1.29, 1.82) is 0 Å². The van der Waals surface area contributed by atoms with E-state index in [9.17, 15) is 14.4 Å². The third kappa shape index (κ3) is 4.87. The highest BCUT2D eigenvalue weighted by molar-refractivity contribution is 8.18. The number of carbonyl (C=O) groups excluding carboxylic acids is 3. The first kappa shape index (κ1) is 18.9. The fourth-order valence-electron chi connectivity index (χ4n) is 2.44. The third-order valence-corrected chi connectivity index (χ3v) is 4.96. The highest BCUT2D eigenvalue weighted by Gasteiger charge is 2.34. The summed E-state index contributed by atoms with van der Waals surface area (Å²) in [4.78, 5) is 37.1. The van der Waals surface area contributed by atoms with Crippen molar-refractivity contribution in [3.63, 3.8) is 0 Å².